The summed E-state index contributed by atoms with van der Waals surface area (Å²) in [5, 5.41) is 3.32. The molecule has 1 N–H and O–H groups in total. The van der Waals surface area contributed by atoms with Gasteiger partial charge in [0.25, 0.3) is 0 Å². The molecule has 1 saturated heterocycles. The topological polar surface area (TPSA) is 15.3 Å². The van der Waals surface area contributed by atoms with Crippen LogP contribution in [0.4, 0.5) is 8.78 Å². The Morgan fingerprint density at radius 2 is 1.89 bits per heavy atom. The molecule has 0 spiro atoms. The van der Waals surface area contributed by atoms with Crippen LogP contribution >= 0.6 is 0 Å². The van der Waals surface area contributed by atoms with Gasteiger partial charge in [0.05, 0.1) is 0 Å². The van der Waals surface area contributed by atoms with E-state index in [9.17, 15) is 8.78 Å². The Morgan fingerprint density at radius 1 is 1.21 bits per heavy atom. The minimum atomic E-state index is -0.362. The molecule has 1 aromatic rings. The van der Waals surface area contributed by atoms with E-state index in [4.69, 9.17) is 0 Å². The second kappa shape index (κ2) is 6.44. The number of halogens is 2. The number of hydrogen-bond donors (Lipinski definition) is 1. The molecule has 1 fully saturated rings. The fraction of sp³-hybridized carbons (Fsp3) is 0.600. The Hall–Kier alpha value is -1.00. The van der Waals surface area contributed by atoms with Gasteiger partial charge in [0.15, 0.2) is 0 Å². The third kappa shape index (κ3) is 3.74. The maximum atomic E-state index is 13.8. The van der Waals surface area contributed by atoms with E-state index in [2.05, 4.69) is 24.1 Å². The van der Waals surface area contributed by atoms with E-state index in [0.717, 1.165) is 26.2 Å². The summed E-state index contributed by atoms with van der Waals surface area (Å²) in [7, 11) is 0. The Morgan fingerprint density at radius 3 is 2.53 bits per heavy atom. The average Bonchev–Trinajstić information content (AvgIpc) is 2.40. The molecule has 1 unspecified atom stereocenters. The highest BCUT2D eigenvalue weighted by Gasteiger charge is 2.24. The highest BCUT2D eigenvalue weighted by atomic mass is 19.1. The van der Waals surface area contributed by atoms with Crippen molar-refractivity contribution in [2.24, 2.45) is 5.92 Å². The summed E-state index contributed by atoms with van der Waals surface area (Å²) in [6.45, 7) is 8.16. The number of nitrogens with zero attached hydrogens (tertiary/aromatic N) is 1. The molecule has 2 nitrogen and oxygen atoms in total. The van der Waals surface area contributed by atoms with Crippen LogP contribution in [0.2, 0.25) is 0 Å². The lowest BCUT2D eigenvalue weighted by Gasteiger charge is -2.37. The number of nitrogens with one attached hydrogen (secondary N) is 1. The Balaban J connectivity index is 2.13. The Bertz CT molecular complexity index is 415. The molecule has 0 saturated carbocycles. The van der Waals surface area contributed by atoms with Gasteiger partial charge < -0.3 is 5.32 Å². The SMILES string of the molecule is CC(C)C(Cc1cc(F)ccc1F)N1CCNCC1. The van der Waals surface area contributed by atoms with Crippen molar-refractivity contribution in [2.75, 3.05) is 26.2 Å². The van der Waals surface area contributed by atoms with E-state index in [1.807, 2.05) is 0 Å². The third-order valence-electron chi connectivity index (χ3n) is 3.83. The van der Waals surface area contributed by atoms with E-state index >= 15 is 0 Å². The summed E-state index contributed by atoms with van der Waals surface area (Å²) in [5.74, 6) is -0.248. The van der Waals surface area contributed by atoms with Gasteiger partial charge in [-0.25, -0.2) is 8.78 Å². The first kappa shape index (κ1) is 14.4. The Kier molecular flexibility index (Phi) is 4.88. The van der Waals surface area contributed by atoms with E-state index < -0.39 is 0 Å². The molecule has 0 amide bonds. The molecule has 0 radical (unpaired) electrons. The van der Waals surface area contributed by atoms with Gasteiger partial charge in [0, 0.05) is 32.2 Å². The predicted octanol–water partition coefficient (Wildman–Crippen LogP) is 2.44. The molecule has 0 bridgehead atoms. The molecule has 1 aromatic carbocycles. The zero-order chi connectivity index (χ0) is 13.8. The second-order valence-electron chi connectivity index (χ2n) is 5.54. The highest BCUT2D eigenvalue weighted by Crippen LogP contribution is 2.20. The maximum Gasteiger partial charge on any atom is 0.126 e. The van der Waals surface area contributed by atoms with Gasteiger partial charge in [0.1, 0.15) is 11.6 Å². The van der Waals surface area contributed by atoms with Crippen LogP contribution in [0, 0.1) is 17.6 Å². The molecule has 1 aliphatic rings. The molecule has 0 aliphatic carbocycles. The van der Waals surface area contributed by atoms with Crippen molar-refractivity contribution < 1.29 is 8.78 Å². The first-order valence-corrected chi connectivity index (χ1v) is 6.96. The molecule has 0 aromatic heterocycles. The van der Waals surface area contributed by atoms with Crippen LogP contribution in [-0.2, 0) is 6.42 Å². The zero-order valence-corrected chi connectivity index (χ0v) is 11.6. The minimum absolute atomic E-state index is 0.262. The second-order valence-corrected chi connectivity index (χ2v) is 5.54. The summed E-state index contributed by atoms with van der Waals surface area (Å²) in [6, 6.07) is 3.99. The summed E-state index contributed by atoms with van der Waals surface area (Å²) >= 11 is 0. The van der Waals surface area contributed by atoms with Crippen LogP contribution in [0.3, 0.4) is 0 Å². The van der Waals surface area contributed by atoms with Crippen molar-refractivity contribution >= 4 is 0 Å². The number of benzene rings is 1. The van der Waals surface area contributed by atoms with Gasteiger partial charge >= 0.3 is 0 Å². The standard InChI is InChI=1S/C15H22F2N2/c1-11(2)15(19-7-5-18-6-8-19)10-12-9-13(16)3-4-14(12)17/h3-4,9,11,15,18H,5-8,10H2,1-2H3. The van der Waals surface area contributed by atoms with Crippen molar-refractivity contribution in [3.8, 4) is 0 Å². The van der Waals surface area contributed by atoms with Crippen molar-refractivity contribution in [1.82, 2.24) is 10.2 Å². The van der Waals surface area contributed by atoms with Crippen molar-refractivity contribution in [3.05, 3.63) is 35.4 Å². The van der Waals surface area contributed by atoms with E-state index in [1.54, 1.807) is 0 Å². The molecule has 2 rings (SSSR count). The average molecular weight is 268 g/mol. The number of piperazine rings is 1. The summed E-state index contributed by atoms with van der Waals surface area (Å²) in [6.07, 6.45) is 0.571. The fourth-order valence-electron chi connectivity index (χ4n) is 2.73. The smallest absolute Gasteiger partial charge is 0.126 e. The lowest BCUT2D eigenvalue weighted by atomic mass is 9.94. The first-order valence-electron chi connectivity index (χ1n) is 6.96. The number of hydrogen-bond acceptors (Lipinski definition) is 2. The molecule has 1 heterocycles. The fourth-order valence-corrected chi connectivity index (χ4v) is 2.73. The molecular weight excluding hydrogens is 246 g/mol. The third-order valence-corrected chi connectivity index (χ3v) is 3.83. The van der Waals surface area contributed by atoms with Crippen LogP contribution in [0.5, 0.6) is 0 Å². The lowest BCUT2D eigenvalue weighted by molar-refractivity contribution is 0.135. The summed E-state index contributed by atoms with van der Waals surface area (Å²) in [4.78, 5) is 2.38. The van der Waals surface area contributed by atoms with E-state index in [1.165, 1.54) is 18.2 Å². The van der Waals surface area contributed by atoms with Crippen LogP contribution < -0.4 is 5.32 Å². The van der Waals surface area contributed by atoms with Gasteiger partial charge in [-0.05, 0) is 36.1 Å². The van der Waals surface area contributed by atoms with Gasteiger partial charge in [-0.2, -0.15) is 0 Å². The summed E-state index contributed by atoms with van der Waals surface area (Å²) in [5.41, 5.74) is 0.484. The number of rotatable bonds is 4. The van der Waals surface area contributed by atoms with Crippen LogP contribution in [0.15, 0.2) is 18.2 Å². The van der Waals surface area contributed by atoms with Gasteiger partial charge in [-0.3, -0.25) is 4.90 Å². The normalized spacial score (nSPS) is 18.8. The molecule has 106 valence electrons. The van der Waals surface area contributed by atoms with Gasteiger partial charge in [-0.15, -0.1) is 0 Å². The van der Waals surface area contributed by atoms with Crippen LogP contribution in [0.1, 0.15) is 19.4 Å². The predicted molar refractivity (Wildman–Crippen MR) is 73.1 cm³/mol. The van der Waals surface area contributed by atoms with Gasteiger partial charge in [0.2, 0.25) is 0 Å². The van der Waals surface area contributed by atoms with Gasteiger partial charge in [-0.1, -0.05) is 13.8 Å². The minimum Gasteiger partial charge on any atom is -0.314 e. The van der Waals surface area contributed by atoms with Crippen LogP contribution in [0.25, 0.3) is 0 Å². The van der Waals surface area contributed by atoms with E-state index in [-0.39, 0.29) is 17.7 Å². The molecule has 4 heteroatoms. The van der Waals surface area contributed by atoms with Crippen LogP contribution in [-0.4, -0.2) is 37.1 Å². The highest BCUT2D eigenvalue weighted by molar-refractivity contribution is 5.20. The molecule has 19 heavy (non-hydrogen) atoms. The Labute approximate surface area is 113 Å². The zero-order valence-electron chi connectivity index (χ0n) is 11.6. The maximum absolute atomic E-state index is 13.8. The summed E-state index contributed by atoms with van der Waals surface area (Å²) < 4.78 is 27.0. The quantitative estimate of drug-likeness (QED) is 0.902. The largest absolute Gasteiger partial charge is 0.314 e. The van der Waals surface area contributed by atoms with Crippen molar-refractivity contribution in [2.45, 2.75) is 26.3 Å². The lowest BCUT2D eigenvalue weighted by Crippen LogP contribution is -2.51. The van der Waals surface area contributed by atoms with Crippen molar-refractivity contribution in [1.29, 1.82) is 0 Å². The monoisotopic (exact) mass is 268 g/mol. The molecular formula is C15H22F2N2. The van der Waals surface area contributed by atoms with E-state index in [0.29, 0.717) is 17.9 Å². The first-order chi connectivity index (χ1) is 9.08. The molecule has 1 aliphatic heterocycles. The molecule has 1 atom stereocenters. The van der Waals surface area contributed by atoms with Crippen molar-refractivity contribution in [3.63, 3.8) is 0 Å².